The third kappa shape index (κ3) is 3.91. The van der Waals surface area contributed by atoms with Gasteiger partial charge in [0.25, 0.3) is 5.56 Å². The molecule has 142 valence electrons. The fourth-order valence-corrected chi connectivity index (χ4v) is 3.56. The van der Waals surface area contributed by atoms with Gasteiger partial charge in [-0.2, -0.15) is 5.10 Å². The molecule has 26 heavy (non-hydrogen) atoms. The van der Waals surface area contributed by atoms with E-state index in [0.717, 1.165) is 28.9 Å². The van der Waals surface area contributed by atoms with Gasteiger partial charge in [-0.25, -0.2) is 0 Å². The molecule has 2 heterocycles. The molecular weight excluding hydrogens is 354 g/mol. The molecule has 1 aromatic carbocycles. The topological polar surface area (TPSA) is 161 Å². The average molecular weight is 379 g/mol. The van der Waals surface area contributed by atoms with Crippen LogP contribution in [0.25, 0.3) is 10.9 Å². The van der Waals surface area contributed by atoms with Crippen LogP contribution in [-0.4, -0.2) is 25.7 Å². The highest BCUT2D eigenvalue weighted by Gasteiger charge is 2.22. The van der Waals surface area contributed by atoms with Gasteiger partial charge in [0.05, 0.1) is 11.6 Å². The second-order valence-electron chi connectivity index (χ2n) is 5.97. The van der Waals surface area contributed by atoms with E-state index in [1.165, 1.54) is 12.8 Å². The molecule has 1 aliphatic carbocycles. The summed E-state index contributed by atoms with van der Waals surface area (Å²) >= 11 is 4.36. The lowest BCUT2D eigenvalue weighted by molar-refractivity contribution is 0.483. The highest BCUT2D eigenvalue weighted by Crippen LogP contribution is 2.33. The SMILES string of the molecule is N.O.O.O=c1[nH]ccc2c1c(Nc1cccc(S)c1)nn2C1CCCC1. The van der Waals surface area contributed by atoms with Gasteiger partial charge in [-0.05, 0) is 37.1 Å². The Bertz CT molecular complexity index is 918. The number of nitrogens with zero attached hydrogens (tertiary/aromatic N) is 2. The molecule has 8 nitrogen and oxygen atoms in total. The number of hydrogen-bond acceptors (Lipinski definition) is 5. The minimum Gasteiger partial charge on any atom is -0.412 e. The number of rotatable bonds is 3. The molecule has 0 saturated heterocycles. The number of anilines is 2. The molecule has 1 aliphatic rings. The smallest absolute Gasteiger partial charge is 0.261 e. The summed E-state index contributed by atoms with van der Waals surface area (Å²) in [4.78, 5) is 15.9. The van der Waals surface area contributed by atoms with Crippen LogP contribution in [0.5, 0.6) is 0 Å². The summed E-state index contributed by atoms with van der Waals surface area (Å²) in [5.41, 5.74) is 1.65. The number of aromatic amines is 1. The van der Waals surface area contributed by atoms with Crippen molar-refractivity contribution in [2.24, 2.45) is 0 Å². The van der Waals surface area contributed by atoms with Crippen molar-refractivity contribution in [1.82, 2.24) is 20.9 Å². The van der Waals surface area contributed by atoms with Crippen molar-refractivity contribution in [3.05, 3.63) is 46.9 Å². The van der Waals surface area contributed by atoms with Crippen LogP contribution in [0, 0.1) is 0 Å². The fraction of sp³-hybridized carbons (Fsp3) is 0.294. The van der Waals surface area contributed by atoms with E-state index in [2.05, 4.69) is 22.9 Å². The Kier molecular flexibility index (Phi) is 7.40. The van der Waals surface area contributed by atoms with Crippen LogP contribution in [0.2, 0.25) is 0 Å². The van der Waals surface area contributed by atoms with Gasteiger partial charge < -0.3 is 27.4 Å². The largest absolute Gasteiger partial charge is 0.412 e. The van der Waals surface area contributed by atoms with Crippen LogP contribution in [0.15, 0.2) is 46.2 Å². The minimum absolute atomic E-state index is 0. The van der Waals surface area contributed by atoms with Gasteiger partial charge in [-0.3, -0.25) is 9.48 Å². The Morgan fingerprint density at radius 2 is 1.92 bits per heavy atom. The first kappa shape index (κ1) is 21.7. The Balaban J connectivity index is 0.00000113. The zero-order chi connectivity index (χ0) is 15.8. The molecule has 4 rings (SSSR count). The first-order valence-corrected chi connectivity index (χ1v) is 8.33. The van der Waals surface area contributed by atoms with Gasteiger partial charge in [0.1, 0.15) is 5.39 Å². The molecule has 0 atom stereocenters. The third-order valence-corrected chi connectivity index (χ3v) is 4.69. The molecule has 3 aromatic rings. The van der Waals surface area contributed by atoms with Crippen LogP contribution in [0.4, 0.5) is 11.5 Å². The maximum absolute atomic E-state index is 12.3. The van der Waals surface area contributed by atoms with Crippen LogP contribution in [0.1, 0.15) is 31.7 Å². The first-order chi connectivity index (χ1) is 11.2. The molecule has 0 bridgehead atoms. The van der Waals surface area contributed by atoms with Crippen molar-refractivity contribution in [3.8, 4) is 0 Å². The van der Waals surface area contributed by atoms with E-state index in [1.807, 2.05) is 35.0 Å². The molecule has 1 fully saturated rings. The second kappa shape index (κ2) is 8.86. The zero-order valence-electron chi connectivity index (χ0n) is 14.3. The van der Waals surface area contributed by atoms with Gasteiger partial charge >= 0.3 is 0 Å². The maximum atomic E-state index is 12.3. The van der Waals surface area contributed by atoms with E-state index in [4.69, 9.17) is 5.10 Å². The van der Waals surface area contributed by atoms with Crippen LogP contribution in [0.3, 0.4) is 0 Å². The van der Waals surface area contributed by atoms with Gasteiger partial charge in [0.15, 0.2) is 5.82 Å². The Morgan fingerprint density at radius 3 is 2.62 bits per heavy atom. The van der Waals surface area contributed by atoms with Crippen LogP contribution in [-0.2, 0) is 0 Å². The molecule has 0 unspecified atom stereocenters. The van der Waals surface area contributed by atoms with Crippen molar-refractivity contribution in [2.45, 2.75) is 36.6 Å². The van der Waals surface area contributed by atoms with E-state index in [1.54, 1.807) is 6.20 Å². The van der Waals surface area contributed by atoms with E-state index in [9.17, 15) is 4.79 Å². The normalized spacial score (nSPS) is 13.6. The Labute approximate surface area is 156 Å². The molecule has 0 spiro atoms. The summed E-state index contributed by atoms with van der Waals surface area (Å²) in [5, 5.41) is 8.60. The van der Waals surface area contributed by atoms with Gasteiger partial charge in [0.2, 0.25) is 0 Å². The van der Waals surface area contributed by atoms with Crippen molar-refractivity contribution in [3.63, 3.8) is 0 Å². The standard InChI is InChI=1S/C17H18N4OS.H3N.2H2O/c22-17-15-14(8-9-18-17)21(12-5-1-2-6-12)20-16(15)19-11-4-3-7-13(23)10-11;;;/h3-4,7-10,12,23H,1-2,5-6H2,(H,18,22)(H,19,20);1H3;2*1H2. The molecule has 0 amide bonds. The number of aromatic nitrogens is 3. The molecule has 2 aromatic heterocycles. The number of fused-ring (bicyclic) bond motifs is 1. The fourth-order valence-electron chi connectivity index (χ4n) is 3.33. The minimum atomic E-state index is -0.115. The number of thiol groups is 1. The molecule has 0 aliphatic heterocycles. The summed E-state index contributed by atoms with van der Waals surface area (Å²) < 4.78 is 2.02. The van der Waals surface area contributed by atoms with Gasteiger partial charge in [0, 0.05) is 16.8 Å². The maximum Gasteiger partial charge on any atom is 0.261 e. The first-order valence-electron chi connectivity index (χ1n) is 7.88. The molecule has 1 saturated carbocycles. The lowest BCUT2D eigenvalue weighted by Crippen LogP contribution is -2.08. The highest BCUT2D eigenvalue weighted by atomic mass is 32.1. The van der Waals surface area contributed by atoms with Gasteiger partial charge in [-0.15, -0.1) is 12.6 Å². The molecule has 9 N–H and O–H groups in total. The van der Waals surface area contributed by atoms with Gasteiger partial charge in [-0.1, -0.05) is 18.9 Å². The highest BCUT2D eigenvalue weighted by molar-refractivity contribution is 7.80. The number of pyridine rings is 1. The van der Waals surface area contributed by atoms with Crippen molar-refractivity contribution in [2.75, 3.05) is 5.32 Å². The summed E-state index contributed by atoms with van der Waals surface area (Å²) in [6.45, 7) is 0. The summed E-state index contributed by atoms with van der Waals surface area (Å²) in [6, 6.07) is 10.0. The van der Waals surface area contributed by atoms with E-state index in [0.29, 0.717) is 17.2 Å². The Morgan fingerprint density at radius 1 is 1.19 bits per heavy atom. The van der Waals surface area contributed by atoms with Crippen molar-refractivity contribution < 1.29 is 11.0 Å². The van der Waals surface area contributed by atoms with Crippen LogP contribution >= 0.6 is 12.6 Å². The predicted molar refractivity (Wildman–Crippen MR) is 107 cm³/mol. The quantitative estimate of drug-likeness (QED) is 0.514. The van der Waals surface area contributed by atoms with E-state index in [-0.39, 0.29) is 22.7 Å². The Hall–Kier alpha value is -2.33. The predicted octanol–water partition coefficient (Wildman–Crippen LogP) is 2.38. The van der Waals surface area contributed by atoms with E-state index >= 15 is 0 Å². The summed E-state index contributed by atoms with van der Waals surface area (Å²) in [6.07, 6.45) is 6.37. The lowest BCUT2D eigenvalue weighted by atomic mass is 10.2. The molecular formula is C17H25N5O3S. The number of benzene rings is 1. The van der Waals surface area contributed by atoms with Crippen molar-refractivity contribution in [1.29, 1.82) is 0 Å². The number of hydrogen-bond donors (Lipinski definition) is 4. The van der Waals surface area contributed by atoms with Crippen LogP contribution < -0.4 is 17.0 Å². The summed E-state index contributed by atoms with van der Waals surface area (Å²) in [5.74, 6) is 0.604. The average Bonchev–Trinajstić information content (AvgIpc) is 3.16. The monoisotopic (exact) mass is 379 g/mol. The lowest BCUT2D eigenvalue weighted by Gasteiger charge is -2.10. The summed E-state index contributed by atoms with van der Waals surface area (Å²) in [7, 11) is 0. The van der Waals surface area contributed by atoms with Crippen molar-refractivity contribution >= 4 is 35.0 Å². The van der Waals surface area contributed by atoms with E-state index < -0.39 is 0 Å². The second-order valence-corrected chi connectivity index (χ2v) is 6.49. The number of H-pyrrole nitrogens is 1. The molecule has 0 radical (unpaired) electrons. The molecule has 9 heteroatoms. The number of nitrogens with one attached hydrogen (secondary N) is 2. The zero-order valence-corrected chi connectivity index (χ0v) is 15.2. The third-order valence-electron chi connectivity index (χ3n) is 4.41.